The number of halogens is 2. The first-order chi connectivity index (χ1) is 16.7. The summed E-state index contributed by atoms with van der Waals surface area (Å²) in [4.78, 5) is 24.9. The van der Waals surface area contributed by atoms with Crippen molar-refractivity contribution in [3.63, 3.8) is 0 Å². The van der Waals surface area contributed by atoms with Crippen molar-refractivity contribution in [3.8, 4) is 0 Å². The van der Waals surface area contributed by atoms with E-state index in [1.54, 1.807) is 30.3 Å². The molecule has 1 aliphatic rings. The standard InChI is InChI=1S/C25H22BrFN2O5S/c1-16-10-11-21(19(26)12-16)28-24(30)15-34-25(31)22-13-17-6-2-3-7-18(17)14-29(22)35(32,33)23-9-5-4-8-20(23)27/h2-12,22H,13-15H2,1H3,(H,28,30). The highest BCUT2D eigenvalue weighted by Crippen LogP contribution is 2.30. The maximum Gasteiger partial charge on any atom is 0.325 e. The Morgan fingerprint density at radius 1 is 1.09 bits per heavy atom. The zero-order valence-electron chi connectivity index (χ0n) is 18.7. The molecule has 0 aromatic heterocycles. The second-order valence-corrected chi connectivity index (χ2v) is 10.8. The second kappa shape index (κ2) is 10.3. The second-order valence-electron chi connectivity index (χ2n) is 8.11. The van der Waals surface area contributed by atoms with E-state index >= 15 is 0 Å². The number of amides is 1. The molecule has 1 unspecified atom stereocenters. The maximum absolute atomic E-state index is 14.4. The number of carbonyl (C=O) groups excluding carboxylic acids is 2. The van der Waals surface area contributed by atoms with Gasteiger partial charge >= 0.3 is 5.97 Å². The van der Waals surface area contributed by atoms with Crippen LogP contribution in [0, 0.1) is 12.7 Å². The Hall–Kier alpha value is -3.08. The normalized spacial score (nSPS) is 15.8. The van der Waals surface area contributed by atoms with Crippen LogP contribution >= 0.6 is 15.9 Å². The van der Waals surface area contributed by atoms with Gasteiger partial charge in [0.2, 0.25) is 10.0 Å². The van der Waals surface area contributed by atoms with Crippen LogP contribution in [0.1, 0.15) is 16.7 Å². The fourth-order valence-electron chi connectivity index (χ4n) is 3.87. The van der Waals surface area contributed by atoms with Gasteiger partial charge in [0.05, 0.1) is 5.69 Å². The first-order valence-electron chi connectivity index (χ1n) is 10.7. The maximum atomic E-state index is 14.4. The Morgan fingerprint density at radius 3 is 2.49 bits per heavy atom. The smallest absolute Gasteiger partial charge is 0.325 e. The van der Waals surface area contributed by atoms with Gasteiger partial charge in [0, 0.05) is 17.4 Å². The Kier molecular flexibility index (Phi) is 7.34. The fourth-order valence-corrected chi connectivity index (χ4v) is 6.09. The van der Waals surface area contributed by atoms with Crippen molar-refractivity contribution in [1.29, 1.82) is 0 Å². The third-order valence-corrected chi connectivity index (χ3v) is 8.19. The number of esters is 1. The van der Waals surface area contributed by atoms with Gasteiger partial charge in [-0.3, -0.25) is 9.59 Å². The van der Waals surface area contributed by atoms with Crippen molar-refractivity contribution in [3.05, 3.63) is 93.7 Å². The van der Waals surface area contributed by atoms with E-state index in [1.165, 1.54) is 12.1 Å². The number of hydrogen-bond donors (Lipinski definition) is 1. The van der Waals surface area contributed by atoms with Gasteiger partial charge < -0.3 is 10.1 Å². The molecule has 4 rings (SSSR count). The molecule has 0 fully saturated rings. The van der Waals surface area contributed by atoms with Crippen LogP contribution in [0.2, 0.25) is 0 Å². The van der Waals surface area contributed by atoms with Crippen LogP contribution in [0.3, 0.4) is 0 Å². The summed E-state index contributed by atoms with van der Waals surface area (Å²) >= 11 is 3.36. The summed E-state index contributed by atoms with van der Waals surface area (Å²) in [6.07, 6.45) is 0.0355. The fraction of sp³-hybridized carbons (Fsp3) is 0.200. The molecule has 3 aromatic rings. The quantitative estimate of drug-likeness (QED) is 0.456. The molecule has 35 heavy (non-hydrogen) atoms. The van der Waals surface area contributed by atoms with Gasteiger partial charge in [0.15, 0.2) is 6.61 Å². The van der Waals surface area contributed by atoms with Crippen molar-refractivity contribution >= 4 is 43.5 Å². The van der Waals surface area contributed by atoms with Crippen molar-refractivity contribution < 1.29 is 27.1 Å². The topological polar surface area (TPSA) is 92.8 Å². The third-order valence-electron chi connectivity index (χ3n) is 5.65. The number of aryl methyl sites for hydroxylation is 1. The lowest BCUT2D eigenvalue weighted by Crippen LogP contribution is -2.49. The Balaban J connectivity index is 1.55. The summed E-state index contributed by atoms with van der Waals surface area (Å²) < 4.78 is 48.0. The first kappa shape index (κ1) is 25.0. The summed E-state index contributed by atoms with van der Waals surface area (Å²) in [5, 5.41) is 2.64. The molecule has 0 saturated heterocycles. The molecule has 1 amide bonds. The number of nitrogens with one attached hydrogen (secondary N) is 1. The van der Waals surface area contributed by atoms with Gasteiger partial charge in [0.25, 0.3) is 5.91 Å². The average molecular weight is 561 g/mol. The van der Waals surface area contributed by atoms with Crippen LogP contribution in [0.5, 0.6) is 0 Å². The number of benzene rings is 3. The van der Waals surface area contributed by atoms with Gasteiger partial charge in [0.1, 0.15) is 16.8 Å². The highest BCUT2D eigenvalue weighted by atomic mass is 79.9. The van der Waals surface area contributed by atoms with Crippen molar-refractivity contribution in [1.82, 2.24) is 4.31 Å². The van der Waals surface area contributed by atoms with Gasteiger partial charge in [-0.2, -0.15) is 4.31 Å². The predicted molar refractivity (Wildman–Crippen MR) is 132 cm³/mol. The number of fused-ring (bicyclic) bond motifs is 1. The van der Waals surface area contributed by atoms with Crippen LogP contribution in [0.15, 0.2) is 76.1 Å². The predicted octanol–water partition coefficient (Wildman–Crippen LogP) is 4.19. The minimum absolute atomic E-state index is 0.0355. The van der Waals surface area contributed by atoms with Gasteiger partial charge in [-0.25, -0.2) is 12.8 Å². The van der Waals surface area contributed by atoms with E-state index in [0.29, 0.717) is 15.7 Å². The SMILES string of the molecule is Cc1ccc(NC(=O)COC(=O)C2Cc3ccccc3CN2S(=O)(=O)c2ccccc2F)c(Br)c1. The lowest BCUT2D eigenvalue weighted by atomic mass is 9.96. The zero-order valence-corrected chi connectivity index (χ0v) is 21.1. The zero-order chi connectivity index (χ0) is 25.2. The number of rotatable bonds is 6. The highest BCUT2D eigenvalue weighted by Gasteiger charge is 2.41. The van der Waals surface area contributed by atoms with E-state index in [1.807, 2.05) is 19.1 Å². The molecule has 1 aliphatic heterocycles. The van der Waals surface area contributed by atoms with Crippen LogP contribution in [-0.4, -0.2) is 37.2 Å². The molecule has 3 aromatic carbocycles. The largest absolute Gasteiger partial charge is 0.454 e. The first-order valence-corrected chi connectivity index (χ1v) is 13.0. The molecule has 1 heterocycles. The molecule has 0 spiro atoms. The number of carbonyl (C=O) groups is 2. The number of nitrogens with zero attached hydrogens (tertiary/aromatic N) is 1. The van der Waals surface area contributed by atoms with E-state index in [0.717, 1.165) is 27.6 Å². The monoisotopic (exact) mass is 560 g/mol. The molecule has 182 valence electrons. The molecular formula is C25H22BrFN2O5S. The Labute approximate surface area is 211 Å². The third kappa shape index (κ3) is 5.44. The lowest BCUT2D eigenvalue weighted by Gasteiger charge is -2.34. The number of hydrogen-bond acceptors (Lipinski definition) is 5. The molecule has 0 bridgehead atoms. The van der Waals surface area contributed by atoms with E-state index in [4.69, 9.17) is 4.74 Å². The average Bonchev–Trinajstić information content (AvgIpc) is 2.83. The molecule has 0 saturated carbocycles. The minimum atomic E-state index is -4.38. The lowest BCUT2D eigenvalue weighted by molar-refractivity contribution is -0.151. The van der Waals surface area contributed by atoms with E-state index < -0.39 is 45.3 Å². The number of sulfonamides is 1. The Bertz CT molecular complexity index is 1400. The summed E-state index contributed by atoms with van der Waals surface area (Å²) in [5.41, 5.74) is 2.99. The van der Waals surface area contributed by atoms with Gasteiger partial charge in [-0.15, -0.1) is 0 Å². The van der Waals surface area contributed by atoms with E-state index in [9.17, 15) is 22.4 Å². The van der Waals surface area contributed by atoms with Crippen molar-refractivity contribution in [2.45, 2.75) is 30.8 Å². The molecule has 0 aliphatic carbocycles. The summed E-state index contributed by atoms with van der Waals surface area (Å²) in [5.74, 6) is -2.39. The van der Waals surface area contributed by atoms with Gasteiger partial charge in [-0.1, -0.05) is 42.5 Å². The van der Waals surface area contributed by atoms with Crippen LogP contribution < -0.4 is 5.32 Å². The van der Waals surface area contributed by atoms with E-state index in [2.05, 4.69) is 21.2 Å². The molecule has 1 atom stereocenters. The number of ether oxygens (including phenoxy) is 1. The summed E-state index contributed by atoms with van der Waals surface area (Å²) in [7, 11) is -4.38. The van der Waals surface area contributed by atoms with Crippen molar-refractivity contribution in [2.75, 3.05) is 11.9 Å². The van der Waals surface area contributed by atoms with Crippen LogP contribution in [-0.2, 0) is 37.3 Å². The minimum Gasteiger partial charge on any atom is -0.454 e. The molecule has 10 heteroatoms. The van der Waals surface area contributed by atoms with E-state index in [-0.39, 0.29) is 13.0 Å². The Morgan fingerprint density at radius 2 is 1.77 bits per heavy atom. The van der Waals surface area contributed by atoms with Crippen LogP contribution in [0.4, 0.5) is 10.1 Å². The molecule has 1 N–H and O–H groups in total. The highest BCUT2D eigenvalue weighted by molar-refractivity contribution is 9.10. The molecular weight excluding hydrogens is 539 g/mol. The summed E-state index contributed by atoms with van der Waals surface area (Å²) in [6.45, 7) is 1.17. The van der Waals surface area contributed by atoms with Crippen LogP contribution in [0.25, 0.3) is 0 Å². The molecule has 7 nitrogen and oxygen atoms in total. The summed E-state index contributed by atoms with van der Waals surface area (Å²) in [6, 6.07) is 16.2. The number of anilines is 1. The van der Waals surface area contributed by atoms with Gasteiger partial charge in [-0.05, 0) is 63.8 Å². The molecule has 0 radical (unpaired) electrons. The van der Waals surface area contributed by atoms with Crippen molar-refractivity contribution in [2.24, 2.45) is 0 Å².